The van der Waals surface area contributed by atoms with Crippen molar-refractivity contribution < 1.29 is 9.15 Å². The highest BCUT2D eigenvalue weighted by atomic mass is 16.5. The molecule has 2 fully saturated rings. The first-order chi connectivity index (χ1) is 7.33. The van der Waals surface area contributed by atoms with Crippen LogP contribution < -0.4 is 5.32 Å². The molecule has 4 atom stereocenters. The Kier molecular flexibility index (Phi) is 2.29. The molecule has 1 N–H and O–H groups in total. The molecular weight excluding hydrogens is 190 g/mol. The first kappa shape index (κ1) is 9.43. The van der Waals surface area contributed by atoms with E-state index in [4.69, 9.17) is 9.15 Å². The summed E-state index contributed by atoms with van der Waals surface area (Å²) < 4.78 is 11.2. The van der Waals surface area contributed by atoms with Gasteiger partial charge in [0.1, 0.15) is 5.76 Å². The molecule has 2 saturated heterocycles. The quantitative estimate of drug-likeness (QED) is 0.825. The third-order valence-corrected chi connectivity index (χ3v) is 3.54. The average Bonchev–Trinajstić information content (AvgIpc) is 2.95. The molecule has 3 nitrogen and oxygen atoms in total. The molecule has 2 aliphatic rings. The van der Waals surface area contributed by atoms with Crippen LogP contribution in [-0.4, -0.2) is 18.2 Å². The fourth-order valence-corrected chi connectivity index (χ4v) is 2.75. The first-order valence-electron chi connectivity index (χ1n) is 5.78. The standard InChI is InChI=1S/C12H17NO2/c1-8(11-3-2-6-14-11)13-10-7-9-4-5-12(10)15-9/h2-3,6,8-10,12-13H,4-5,7H2,1H3. The third kappa shape index (κ3) is 1.70. The Labute approximate surface area is 89.8 Å². The van der Waals surface area contributed by atoms with Crippen molar-refractivity contribution in [3.63, 3.8) is 0 Å². The van der Waals surface area contributed by atoms with Gasteiger partial charge in [-0.05, 0) is 38.3 Å². The van der Waals surface area contributed by atoms with E-state index >= 15 is 0 Å². The molecular formula is C12H17NO2. The van der Waals surface area contributed by atoms with E-state index in [1.165, 1.54) is 12.8 Å². The van der Waals surface area contributed by atoms with Crippen molar-refractivity contribution in [2.75, 3.05) is 0 Å². The highest BCUT2D eigenvalue weighted by molar-refractivity contribution is 5.05. The van der Waals surface area contributed by atoms with E-state index < -0.39 is 0 Å². The molecule has 2 aliphatic heterocycles. The Balaban J connectivity index is 1.62. The Morgan fingerprint density at radius 1 is 1.47 bits per heavy atom. The van der Waals surface area contributed by atoms with Gasteiger partial charge in [-0.25, -0.2) is 0 Å². The SMILES string of the molecule is CC(NC1CC2CCC1O2)c1ccco1. The maximum absolute atomic E-state index is 5.81. The van der Waals surface area contributed by atoms with E-state index in [2.05, 4.69) is 12.2 Å². The molecule has 2 bridgehead atoms. The summed E-state index contributed by atoms with van der Waals surface area (Å²) in [5, 5.41) is 3.59. The van der Waals surface area contributed by atoms with E-state index in [1.807, 2.05) is 12.1 Å². The van der Waals surface area contributed by atoms with Crippen LogP contribution in [0, 0.1) is 0 Å². The number of ether oxygens (including phenoxy) is 1. The van der Waals surface area contributed by atoms with E-state index in [-0.39, 0.29) is 6.04 Å². The average molecular weight is 207 g/mol. The second-order valence-corrected chi connectivity index (χ2v) is 4.62. The largest absolute Gasteiger partial charge is 0.468 e. The molecule has 82 valence electrons. The topological polar surface area (TPSA) is 34.4 Å². The molecule has 0 aliphatic carbocycles. The van der Waals surface area contributed by atoms with Gasteiger partial charge >= 0.3 is 0 Å². The fourth-order valence-electron chi connectivity index (χ4n) is 2.75. The van der Waals surface area contributed by atoms with Crippen LogP contribution in [0.15, 0.2) is 22.8 Å². The number of furan rings is 1. The summed E-state index contributed by atoms with van der Waals surface area (Å²) >= 11 is 0. The lowest BCUT2D eigenvalue weighted by atomic mass is 9.95. The Morgan fingerprint density at radius 2 is 2.40 bits per heavy atom. The number of hydrogen-bond acceptors (Lipinski definition) is 3. The second-order valence-electron chi connectivity index (χ2n) is 4.62. The van der Waals surface area contributed by atoms with Gasteiger partial charge in [-0.1, -0.05) is 0 Å². The highest BCUT2D eigenvalue weighted by Gasteiger charge is 2.41. The molecule has 0 aromatic carbocycles. The van der Waals surface area contributed by atoms with Crippen LogP contribution in [0.4, 0.5) is 0 Å². The summed E-state index contributed by atoms with van der Waals surface area (Å²) in [7, 11) is 0. The van der Waals surface area contributed by atoms with Crippen molar-refractivity contribution in [2.45, 2.75) is 50.5 Å². The van der Waals surface area contributed by atoms with Gasteiger partial charge in [0.2, 0.25) is 0 Å². The molecule has 0 saturated carbocycles. The van der Waals surface area contributed by atoms with Crippen LogP contribution in [-0.2, 0) is 4.74 Å². The predicted octanol–water partition coefficient (Wildman–Crippen LogP) is 2.25. The van der Waals surface area contributed by atoms with Crippen LogP contribution in [0.25, 0.3) is 0 Å². The van der Waals surface area contributed by atoms with Gasteiger partial charge in [0, 0.05) is 6.04 Å². The van der Waals surface area contributed by atoms with E-state index in [0.717, 1.165) is 12.2 Å². The highest BCUT2D eigenvalue weighted by Crippen LogP contribution is 2.35. The summed E-state index contributed by atoms with van der Waals surface area (Å²) in [5.74, 6) is 1.01. The number of nitrogens with one attached hydrogen (secondary N) is 1. The molecule has 0 amide bonds. The van der Waals surface area contributed by atoms with Crippen LogP contribution in [0.1, 0.15) is 38.0 Å². The lowest BCUT2D eigenvalue weighted by Crippen LogP contribution is -2.38. The Bertz CT molecular complexity index is 322. The zero-order valence-electron chi connectivity index (χ0n) is 8.98. The van der Waals surface area contributed by atoms with Gasteiger partial charge in [-0.2, -0.15) is 0 Å². The Morgan fingerprint density at radius 3 is 3.00 bits per heavy atom. The van der Waals surface area contributed by atoms with Gasteiger partial charge in [0.05, 0.1) is 24.5 Å². The van der Waals surface area contributed by atoms with E-state index in [0.29, 0.717) is 18.2 Å². The van der Waals surface area contributed by atoms with Gasteiger partial charge in [0.25, 0.3) is 0 Å². The summed E-state index contributed by atoms with van der Waals surface area (Å²) in [6, 6.07) is 4.76. The first-order valence-corrected chi connectivity index (χ1v) is 5.78. The third-order valence-electron chi connectivity index (χ3n) is 3.54. The maximum atomic E-state index is 5.81. The van der Waals surface area contributed by atoms with Crippen LogP contribution >= 0.6 is 0 Å². The molecule has 3 rings (SSSR count). The van der Waals surface area contributed by atoms with Crippen molar-refractivity contribution in [1.82, 2.24) is 5.32 Å². The normalized spacial score (nSPS) is 35.9. The second kappa shape index (κ2) is 3.65. The molecule has 0 spiro atoms. The lowest BCUT2D eigenvalue weighted by molar-refractivity contribution is 0.0959. The summed E-state index contributed by atoms with van der Waals surface area (Å²) in [4.78, 5) is 0. The molecule has 0 radical (unpaired) electrons. The van der Waals surface area contributed by atoms with Crippen molar-refractivity contribution in [1.29, 1.82) is 0 Å². The minimum atomic E-state index is 0.285. The molecule has 15 heavy (non-hydrogen) atoms. The van der Waals surface area contributed by atoms with Gasteiger partial charge in [-0.3, -0.25) is 0 Å². The smallest absolute Gasteiger partial charge is 0.120 e. The van der Waals surface area contributed by atoms with Crippen LogP contribution in [0.3, 0.4) is 0 Å². The summed E-state index contributed by atoms with van der Waals surface area (Å²) in [5.41, 5.74) is 0. The predicted molar refractivity (Wildman–Crippen MR) is 56.6 cm³/mol. The number of hydrogen-bond donors (Lipinski definition) is 1. The van der Waals surface area contributed by atoms with Crippen LogP contribution in [0.5, 0.6) is 0 Å². The van der Waals surface area contributed by atoms with Gasteiger partial charge < -0.3 is 14.5 Å². The minimum Gasteiger partial charge on any atom is -0.468 e. The fraction of sp³-hybridized carbons (Fsp3) is 0.667. The lowest BCUT2D eigenvalue weighted by Gasteiger charge is -2.23. The summed E-state index contributed by atoms with van der Waals surface area (Å²) in [6.45, 7) is 2.14. The van der Waals surface area contributed by atoms with E-state index in [1.54, 1.807) is 6.26 Å². The molecule has 1 aromatic rings. The van der Waals surface area contributed by atoms with Crippen molar-refractivity contribution in [2.24, 2.45) is 0 Å². The minimum absolute atomic E-state index is 0.285. The zero-order chi connectivity index (χ0) is 10.3. The Hall–Kier alpha value is -0.800. The molecule has 1 aromatic heterocycles. The number of rotatable bonds is 3. The molecule has 3 heterocycles. The van der Waals surface area contributed by atoms with Gasteiger partial charge in [0.15, 0.2) is 0 Å². The molecule has 4 unspecified atom stereocenters. The van der Waals surface area contributed by atoms with Crippen molar-refractivity contribution in [3.05, 3.63) is 24.2 Å². The zero-order valence-corrected chi connectivity index (χ0v) is 8.98. The van der Waals surface area contributed by atoms with Gasteiger partial charge in [-0.15, -0.1) is 0 Å². The summed E-state index contributed by atoms with van der Waals surface area (Å²) in [6.07, 6.45) is 6.30. The van der Waals surface area contributed by atoms with Crippen molar-refractivity contribution >= 4 is 0 Å². The number of fused-ring (bicyclic) bond motifs is 2. The van der Waals surface area contributed by atoms with E-state index in [9.17, 15) is 0 Å². The van der Waals surface area contributed by atoms with Crippen LogP contribution in [0.2, 0.25) is 0 Å². The monoisotopic (exact) mass is 207 g/mol. The van der Waals surface area contributed by atoms with Crippen molar-refractivity contribution in [3.8, 4) is 0 Å². The maximum Gasteiger partial charge on any atom is 0.120 e. The molecule has 3 heteroatoms.